The van der Waals surface area contributed by atoms with Gasteiger partial charge in [-0.3, -0.25) is 9.59 Å². The van der Waals surface area contributed by atoms with Crippen molar-refractivity contribution < 1.29 is 22.8 Å². The molecule has 4 heterocycles. The first-order valence-corrected chi connectivity index (χ1v) is 12.5. The normalized spacial score (nSPS) is 21.9. The number of carbonyl (C=O) groups excluding carboxylic acids is 2. The maximum Gasteiger partial charge on any atom is 0.416 e. The molecule has 2 fully saturated rings. The van der Waals surface area contributed by atoms with Gasteiger partial charge in [-0.15, -0.1) is 22.7 Å². The molecule has 1 aromatic carbocycles. The Morgan fingerprint density at radius 2 is 2.03 bits per heavy atom. The Bertz CT molecular complexity index is 1200. The molecule has 2 aliphatic heterocycles. The predicted octanol–water partition coefficient (Wildman–Crippen LogP) is 4.87. The fourth-order valence-electron chi connectivity index (χ4n) is 4.93. The third-order valence-corrected chi connectivity index (χ3v) is 8.81. The lowest BCUT2D eigenvalue weighted by atomic mass is 9.72. The van der Waals surface area contributed by atoms with Crippen molar-refractivity contribution in [3.63, 3.8) is 0 Å². The number of halogens is 3. The van der Waals surface area contributed by atoms with Gasteiger partial charge in [-0.2, -0.15) is 13.2 Å². The van der Waals surface area contributed by atoms with Crippen molar-refractivity contribution >= 4 is 44.5 Å². The van der Waals surface area contributed by atoms with Gasteiger partial charge >= 0.3 is 6.18 Å². The SMILES string of the molecule is Cc1c(C(=O)N2CC(C3CCNCC3C(=O)c3nccs3)C2)sc2cc(C(F)(F)F)ccc12. The zero-order chi connectivity index (χ0) is 23.3. The van der Waals surface area contributed by atoms with Crippen LogP contribution in [0.4, 0.5) is 13.2 Å². The first kappa shape index (κ1) is 22.5. The zero-order valence-corrected chi connectivity index (χ0v) is 19.4. The molecule has 0 saturated carbocycles. The topological polar surface area (TPSA) is 62.3 Å². The van der Waals surface area contributed by atoms with Crippen LogP contribution in [0.25, 0.3) is 10.1 Å². The number of nitrogens with zero attached hydrogens (tertiary/aromatic N) is 2. The minimum atomic E-state index is -4.41. The molecule has 2 saturated heterocycles. The molecule has 1 amide bonds. The minimum Gasteiger partial charge on any atom is -0.337 e. The molecule has 2 unspecified atom stereocenters. The highest BCUT2D eigenvalue weighted by atomic mass is 32.1. The Balaban J connectivity index is 1.30. The van der Waals surface area contributed by atoms with E-state index in [-0.39, 0.29) is 29.4 Å². The maximum absolute atomic E-state index is 13.2. The molecule has 5 nitrogen and oxygen atoms in total. The van der Waals surface area contributed by atoms with Gasteiger partial charge in [0.05, 0.1) is 10.4 Å². The summed E-state index contributed by atoms with van der Waals surface area (Å²) in [5.74, 6) is 0.183. The molecular weight excluding hydrogens is 471 g/mol. The van der Waals surface area contributed by atoms with Crippen LogP contribution in [0.2, 0.25) is 0 Å². The van der Waals surface area contributed by atoms with Gasteiger partial charge in [0.25, 0.3) is 5.91 Å². The monoisotopic (exact) mass is 493 g/mol. The van der Waals surface area contributed by atoms with Crippen LogP contribution in [-0.2, 0) is 6.18 Å². The number of carbonyl (C=O) groups is 2. The van der Waals surface area contributed by atoms with E-state index >= 15 is 0 Å². The molecule has 174 valence electrons. The number of hydrogen-bond donors (Lipinski definition) is 1. The van der Waals surface area contributed by atoms with Crippen LogP contribution < -0.4 is 5.32 Å². The molecule has 0 spiro atoms. The Morgan fingerprint density at radius 1 is 1.24 bits per heavy atom. The third kappa shape index (κ3) is 4.08. The van der Waals surface area contributed by atoms with E-state index in [1.807, 2.05) is 0 Å². The highest BCUT2D eigenvalue weighted by Crippen LogP contribution is 2.40. The van der Waals surface area contributed by atoms with E-state index in [4.69, 9.17) is 0 Å². The summed E-state index contributed by atoms with van der Waals surface area (Å²) in [7, 11) is 0. The van der Waals surface area contributed by atoms with Crippen molar-refractivity contribution in [2.75, 3.05) is 26.2 Å². The number of alkyl halides is 3. The molecule has 2 aliphatic rings. The lowest BCUT2D eigenvalue weighted by Crippen LogP contribution is -2.57. The van der Waals surface area contributed by atoms with Gasteiger partial charge in [0.2, 0.25) is 0 Å². The number of Topliss-reactive ketones (excluding diaryl/α,β-unsaturated/α-hetero) is 1. The van der Waals surface area contributed by atoms with Crippen LogP contribution >= 0.6 is 22.7 Å². The fraction of sp³-hybridized carbons (Fsp3) is 0.435. The van der Waals surface area contributed by atoms with Crippen LogP contribution in [0.1, 0.15) is 37.0 Å². The van der Waals surface area contributed by atoms with Gasteiger partial charge in [0.15, 0.2) is 10.8 Å². The fourth-order valence-corrected chi connectivity index (χ4v) is 6.79. The summed E-state index contributed by atoms with van der Waals surface area (Å²) in [5.41, 5.74) is 0.0111. The number of hydrogen-bond acceptors (Lipinski definition) is 6. The second-order valence-corrected chi connectivity index (χ2v) is 10.6. The van der Waals surface area contributed by atoms with E-state index in [0.29, 0.717) is 39.6 Å². The number of likely N-dealkylation sites (tertiary alicyclic amines) is 1. The molecule has 1 N–H and O–H groups in total. The number of aromatic nitrogens is 1. The van der Waals surface area contributed by atoms with Crippen LogP contribution in [0.3, 0.4) is 0 Å². The van der Waals surface area contributed by atoms with E-state index in [2.05, 4.69) is 10.3 Å². The Morgan fingerprint density at radius 3 is 2.73 bits per heavy atom. The summed E-state index contributed by atoms with van der Waals surface area (Å²) >= 11 is 2.47. The number of fused-ring (bicyclic) bond motifs is 1. The maximum atomic E-state index is 13.2. The number of benzene rings is 1. The standard InChI is InChI=1S/C23H22F3N3O2S2/c1-12-15-3-2-14(23(24,25)26)8-18(15)33-20(12)22(31)29-10-13(11-29)16-4-5-27-9-17(16)19(30)21-28-6-7-32-21/h2-3,6-8,13,16-17,27H,4-5,9-11H2,1H3. The molecule has 0 aliphatic carbocycles. The zero-order valence-electron chi connectivity index (χ0n) is 17.8. The summed E-state index contributed by atoms with van der Waals surface area (Å²) in [6.45, 7) is 4.36. The first-order valence-electron chi connectivity index (χ1n) is 10.8. The predicted molar refractivity (Wildman–Crippen MR) is 122 cm³/mol. The highest BCUT2D eigenvalue weighted by molar-refractivity contribution is 7.21. The number of ketones is 1. The first-order chi connectivity index (χ1) is 15.7. The van der Waals surface area contributed by atoms with Crippen molar-refractivity contribution in [3.05, 3.63) is 50.8 Å². The molecular formula is C23H22F3N3O2S2. The van der Waals surface area contributed by atoms with Crippen molar-refractivity contribution in [2.24, 2.45) is 17.8 Å². The van der Waals surface area contributed by atoms with Crippen LogP contribution in [0.15, 0.2) is 29.8 Å². The van der Waals surface area contributed by atoms with Gasteiger partial charge in [0.1, 0.15) is 0 Å². The third-order valence-electron chi connectivity index (χ3n) is 6.78. The van der Waals surface area contributed by atoms with E-state index in [9.17, 15) is 22.8 Å². The number of rotatable bonds is 4. The number of piperidine rings is 1. The van der Waals surface area contributed by atoms with Gasteiger partial charge in [0, 0.05) is 41.8 Å². The van der Waals surface area contributed by atoms with E-state index < -0.39 is 11.7 Å². The van der Waals surface area contributed by atoms with Crippen molar-refractivity contribution in [2.45, 2.75) is 19.5 Å². The van der Waals surface area contributed by atoms with Gasteiger partial charge in [-0.05, 0) is 54.8 Å². The molecule has 3 aromatic rings. The molecule has 0 radical (unpaired) electrons. The largest absolute Gasteiger partial charge is 0.416 e. The lowest BCUT2D eigenvalue weighted by Gasteiger charge is -2.47. The van der Waals surface area contributed by atoms with E-state index in [1.165, 1.54) is 17.4 Å². The summed E-state index contributed by atoms with van der Waals surface area (Å²) in [4.78, 5) is 32.5. The minimum absolute atomic E-state index is 0.0628. The number of nitrogens with one attached hydrogen (secondary N) is 1. The molecule has 2 atom stereocenters. The van der Waals surface area contributed by atoms with Gasteiger partial charge in [-0.1, -0.05) is 6.07 Å². The smallest absolute Gasteiger partial charge is 0.337 e. The highest BCUT2D eigenvalue weighted by Gasteiger charge is 2.44. The van der Waals surface area contributed by atoms with E-state index in [0.717, 1.165) is 42.0 Å². The summed E-state index contributed by atoms with van der Waals surface area (Å²) < 4.78 is 39.7. The molecule has 0 bridgehead atoms. The Labute approximate surface area is 196 Å². The number of aryl methyl sites for hydroxylation is 1. The van der Waals surface area contributed by atoms with Crippen molar-refractivity contribution in [3.8, 4) is 0 Å². The average molecular weight is 494 g/mol. The van der Waals surface area contributed by atoms with E-state index in [1.54, 1.807) is 23.4 Å². The quantitative estimate of drug-likeness (QED) is 0.527. The summed E-state index contributed by atoms with van der Waals surface area (Å²) in [5, 5.41) is 6.31. The molecule has 2 aromatic heterocycles. The lowest BCUT2D eigenvalue weighted by molar-refractivity contribution is -0.137. The van der Waals surface area contributed by atoms with Crippen molar-refractivity contribution in [1.82, 2.24) is 15.2 Å². The number of amides is 1. The molecule has 10 heteroatoms. The van der Waals surface area contributed by atoms with Crippen LogP contribution in [0, 0.1) is 24.7 Å². The Kier molecular flexibility index (Phi) is 5.78. The van der Waals surface area contributed by atoms with Crippen molar-refractivity contribution in [1.29, 1.82) is 0 Å². The van der Waals surface area contributed by atoms with Crippen LogP contribution in [-0.4, -0.2) is 47.8 Å². The second-order valence-electron chi connectivity index (χ2n) is 8.70. The van der Waals surface area contributed by atoms with Gasteiger partial charge in [-0.25, -0.2) is 4.98 Å². The average Bonchev–Trinajstić information content (AvgIpc) is 3.40. The molecule has 33 heavy (non-hydrogen) atoms. The van der Waals surface area contributed by atoms with Gasteiger partial charge < -0.3 is 10.2 Å². The number of thiazole rings is 1. The molecule has 5 rings (SSSR count). The van der Waals surface area contributed by atoms with Crippen LogP contribution in [0.5, 0.6) is 0 Å². The number of thiophene rings is 1. The summed E-state index contributed by atoms with van der Waals surface area (Å²) in [6.07, 6.45) is -1.91. The summed E-state index contributed by atoms with van der Waals surface area (Å²) in [6, 6.07) is 3.63. The Hall–Kier alpha value is -2.30. The second kappa shape index (κ2) is 8.48.